The number of hydrogen-bond donors (Lipinski definition) is 1. The minimum absolute atomic E-state index is 0.0557. The summed E-state index contributed by atoms with van der Waals surface area (Å²) in [6, 6.07) is 10.1. The van der Waals surface area contributed by atoms with Crippen LogP contribution in [-0.4, -0.2) is 11.6 Å². The topological polar surface area (TPSA) is 55.4 Å². The maximum atomic E-state index is 13.8. The summed E-state index contributed by atoms with van der Waals surface area (Å²) in [6.07, 6.45) is 2.29. The van der Waals surface area contributed by atoms with Crippen LogP contribution in [0.4, 0.5) is 4.39 Å². The van der Waals surface area contributed by atoms with E-state index < -0.39 is 5.92 Å². The summed E-state index contributed by atoms with van der Waals surface area (Å²) >= 11 is 7.26. The number of halogens is 3. The standard InChI is InChI=1S/C30H30Br2FNO3/c1-29(2)11-21-26(23(35)13-29)25(27-22(34-21)12-30(3,4)14-24(27)36)19-9-17(31)10-20(32)28(19)37-15-16-6-5-7-18(33)8-16/h5-10,25,34H,11-15H2,1-4H3. The first-order chi connectivity index (χ1) is 17.3. The number of rotatable bonds is 4. The number of ketones is 2. The molecule has 1 N–H and O–H groups in total. The summed E-state index contributed by atoms with van der Waals surface area (Å²) in [5.41, 5.74) is 4.23. The fourth-order valence-electron chi connectivity index (χ4n) is 5.93. The SMILES string of the molecule is CC1(C)CC(=O)C2=C(C1)NC1=C(C(=O)CC(C)(C)C1)C2c1cc(Br)cc(Br)c1OCc1cccc(F)c1. The highest BCUT2D eigenvalue weighted by molar-refractivity contribution is 9.11. The average molecular weight is 631 g/mol. The third-order valence-corrected chi connectivity index (χ3v) is 8.39. The molecule has 0 saturated heterocycles. The zero-order valence-corrected chi connectivity index (χ0v) is 24.6. The van der Waals surface area contributed by atoms with Crippen LogP contribution < -0.4 is 10.1 Å². The number of hydrogen-bond acceptors (Lipinski definition) is 4. The number of allylic oxidation sites excluding steroid dienone is 4. The molecule has 1 aliphatic heterocycles. The Balaban J connectivity index is 1.68. The molecule has 2 aromatic carbocycles. The largest absolute Gasteiger partial charge is 0.487 e. The molecule has 194 valence electrons. The van der Waals surface area contributed by atoms with Gasteiger partial charge in [0.05, 0.1) is 4.47 Å². The van der Waals surface area contributed by atoms with E-state index in [9.17, 15) is 14.0 Å². The highest BCUT2D eigenvalue weighted by Crippen LogP contribution is 2.53. The maximum Gasteiger partial charge on any atom is 0.162 e. The fraction of sp³-hybridized carbons (Fsp3) is 0.400. The van der Waals surface area contributed by atoms with Gasteiger partial charge in [-0.25, -0.2) is 4.39 Å². The van der Waals surface area contributed by atoms with E-state index in [1.165, 1.54) is 12.1 Å². The van der Waals surface area contributed by atoms with Crippen LogP contribution in [0.1, 0.15) is 70.4 Å². The third kappa shape index (κ3) is 5.22. The Bertz CT molecular complexity index is 1340. The number of Topliss-reactive ketones (excluding diaryl/α,β-unsaturated/α-hetero) is 2. The fourth-order valence-corrected chi connectivity index (χ4v) is 7.30. The number of benzene rings is 2. The highest BCUT2D eigenvalue weighted by atomic mass is 79.9. The van der Waals surface area contributed by atoms with Crippen molar-refractivity contribution in [1.82, 2.24) is 5.32 Å². The minimum Gasteiger partial charge on any atom is -0.487 e. The summed E-state index contributed by atoms with van der Waals surface area (Å²) in [5.74, 6) is -0.201. The second-order valence-electron chi connectivity index (χ2n) is 11.9. The van der Waals surface area contributed by atoms with E-state index in [1.54, 1.807) is 12.1 Å². The van der Waals surface area contributed by atoms with E-state index in [2.05, 4.69) is 64.9 Å². The quantitative estimate of drug-likeness (QED) is 0.373. The summed E-state index contributed by atoms with van der Waals surface area (Å²) < 4.78 is 21.6. The van der Waals surface area contributed by atoms with Crippen LogP contribution in [0.25, 0.3) is 0 Å². The van der Waals surface area contributed by atoms with Crippen molar-refractivity contribution >= 4 is 43.4 Å². The van der Waals surface area contributed by atoms with Crippen LogP contribution >= 0.6 is 31.9 Å². The van der Waals surface area contributed by atoms with E-state index in [0.717, 1.165) is 34.3 Å². The monoisotopic (exact) mass is 629 g/mol. The minimum atomic E-state index is -0.533. The highest BCUT2D eigenvalue weighted by Gasteiger charge is 2.47. The molecular weight excluding hydrogens is 601 g/mol. The first-order valence-electron chi connectivity index (χ1n) is 12.5. The molecule has 0 unspecified atom stereocenters. The molecule has 0 radical (unpaired) electrons. The van der Waals surface area contributed by atoms with Crippen molar-refractivity contribution in [3.05, 3.63) is 84.8 Å². The summed E-state index contributed by atoms with van der Waals surface area (Å²) in [6.45, 7) is 8.57. The Morgan fingerprint density at radius 3 is 2.08 bits per heavy atom. The van der Waals surface area contributed by atoms with Crippen molar-refractivity contribution in [3.8, 4) is 5.75 Å². The van der Waals surface area contributed by atoms with Crippen LogP contribution in [0.2, 0.25) is 0 Å². The van der Waals surface area contributed by atoms with Crippen molar-refractivity contribution in [2.24, 2.45) is 10.8 Å². The Kier molecular flexibility index (Phi) is 6.76. The molecular formula is C30H30Br2FNO3. The maximum absolute atomic E-state index is 13.8. The van der Waals surface area contributed by atoms with E-state index in [4.69, 9.17) is 4.74 Å². The molecule has 0 fully saturated rings. The molecule has 7 heteroatoms. The van der Waals surface area contributed by atoms with Crippen LogP contribution in [0.5, 0.6) is 5.75 Å². The number of carbonyl (C=O) groups excluding carboxylic acids is 2. The molecule has 0 bridgehead atoms. The third-order valence-electron chi connectivity index (χ3n) is 7.34. The van der Waals surface area contributed by atoms with Crippen molar-refractivity contribution in [2.75, 3.05) is 0 Å². The lowest BCUT2D eigenvalue weighted by Crippen LogP contribution is -2.42. The van der Waals surface area contributed by atoms with Crippen LogP contribution in [-0.2, 0) is 16.2 Å². The van der Waals surface area contributed by atoms with E-state index in [1.807, 2.05) is 12.1 Å². The lowest BCUT2D eigenvalue weighted by Gasteiger charge is -2.44. The van der Waals surface area contributed by atoms with Gasteiger partial charge in [0, 0.05) is 51.3 Å². The van der Waals surface area contributed by atoms with E-state index in [0.29, 0.717) is 39.8 Å². The molecule has 5 rings (SSSR count). The van der Waals surface area contributed by atoms with Gasteiger partial charge in [-0.15, -0.1) is 0 Å². The van der Waals surface area contributed by atoms with E-state index >= 15 is 0 Å². The Morgan fingerprint density at radius 2 is 1.51 bits per heavy atom. The zero-order chi connectivity index (χ0) is 26.7. The molecule has 37 heavy (non-hydrogen) atoms. The summed E-state index contributed by atoms with van der Waals surface area (Å²) in [7, 11) is 0. The first kappa shape index (κ1) is 26.4. The van der Waals surface area contributed by atoms with Gasteiger partial charge in [-0.05, 0) is 69.4 Å². The lowest BCUT2D eigenvalue weighted by atomic mass is 9.64. The number of dihydropyridines is 1. The van der Waals surface area contributed by atoms with Gasteiger partial charge >= 0.3 is 0 Å². The second kappa shape index (κ2) is 9.49. The zero-order valence-electron chi connectivity index (χ0n) is 21.4. The normalized spacial score (nSPS) is 20.9. The summed E-state index contributed by atoms with van der Waals surface area (Å²) in [4.78, 5) is 27.4. The molecule has 0 spiro atoms. The number of ether oxygens (including phenoxy) is 1. The molecule has 0 saturated carbocycles. The van der Waals surface area contributed by atoms with Gasteiger partial charge in [0.2, 0.25) is 0 Å². The second-order valence-corrected chi connectivity index (χ2v) is 13.7. The molecule has 4 nitrogen and oxygen atoms in total. The van der Waals surface area contributed by atoms with Crippen molar-refractivity contribution in [2.45, 2.75) is 65.9 Å². The first-order valence-corrected chi connectivity index (χ1v) is 14.1. The van der Waals surface area contributed by atoms with Gasteiger partial charge in [-0.2, -0.15) is 0 Å². The van der Waals surface area contributed by atoms with Crippen LogP contribution in [0.15, 0.2) is 67.9 Å². The molecule has 0 atom stereocenters. The van der Waals surface area contributed by atoms with Crippen LogP contribution in [0, 0.1) is 16.6 Å². The molecule has 1 heterocycles. The lowest BCUT2D eigenvalue weighted by molar-refractivity contribution is -0.119. The molecule has 0 aromatic heterocycles. The molecule has 2 aromatic rings. The van der Waals surface area contributed by atoms with Crippen molar-refractivity contribution in [1.29, 1.82) is 0 Å². The van der Waals surface area contributed by atoms with Gasteiger partial charge in [-0.3, -0.25) is 9.59 Å². The van der Waals surface area contributed by atoms with Gasteiger partial charge in [0.25, 0.3) is 0 Å². The predicted octanol–water partition coefficient (Wildman–Crippen LogP) is 7.90. The van der Waals surface area contributed by atoms with E-state index in [-0.39, 0.29) is 34.8 Å². The molecule has 0 amide bonds. The van der Waals surface area contributed by atoms with Gasteiger partial charge in [-0.1, -0.05) is 55.8 Å². The van der Waals surface area contributed by atoms with Crippen LogP contribution in [0.3, 0.4) is 0 Å². The molecule has 3 aliphatic rings. The smallest absolute Gasteiger partial charge is 0.162 e. The van der Waals surface area contributed by atoms with Crippen molar-refractivity contribution < 1.29 is 18.7 Å². The Morgan fingerprint density at radius 1 is 0.919 bits per heavy atom. The van der Waals surface area contributed by atoms with Gasteiger partial charge < -0.3 is 10.1 Å². The summed E-state index contributed by atoms with van der Waals surface area (Å²) in [5, 5.41) is 3.55. The average Bonchev–Trinajstić information content (AvgIpc) is 2.75. The van der Waals surface area contributed by atoms with Gasteiger partial charge in [0.1, 0.15) is 18.2 Å². The van der Waals surface area contributed by atoms with Gasteiger partial charge in [0.15, 0.2) is 11.6 Å². The Labute approximate surface area is 234 Å². The van der Waals surface area contributed by atoms with Crippen molar-refractivity contribution in [3.63, 3.8) is 0 Å². The Hall–Kier alpha value is -2.25. The number of carbonyl (C=O) groups is 2. The number of nitrogens with one attached hydrogen (secondary N) is 1. The molecule has 2 aliphatic carbocycles. The predicted molar refractivity (Wildman–Crippen MR) is 149 cm³/mol.